The Hall–Kier alpha value is -0.740. The van der Waals surface area contributed by atoms with E-state index < -0.39 is 0 Å². The van der Waals surface area contributed by atoms with Crippen molar-refractivity contribution in [2.45, 2.75) is 32.6 Å². The summed E-state index contributed by atoms with van der Waals surface area (Å²) in [5, 5.41) is 0. The van der Waals surface area contributed by atoms with Gasteiger partial charge in [-0.15, -0.1) is 0 Å². The third-order valence-corrected chi connectivity index (χ3v) is 1.90. The molecule has 76 valence electrons. The Labute approximate surface area is 95.9 Å². The van der Waals surface area contributed by atoms with E-state index in [1.807, 2.05) is 35.4 Å². The molecule has 0 unspecified atom stereocenters. The zero-order chi connectivity index (χ0) is 10.5. The summed E-state index contributed by atoms with van der Waals surface area (Å²) >= 11 is 3.18. The predicted molar refractivity (Wildman–Crippen MR) is 68.3 cm³/mol. The second kappa shape index (κ2) is 12.3. The topological polar surface area (TPSA) is 0 Å². The molecule has 0 atom stereocenters. The fraction of sp³-hybridized carbons (Fsp3) is 0.385. The Kier molecular flexibility index (Phi) is 11.6. The normalized spacial score (nSPS) is 11.3. The molecule has 0 fully saturated rings. The van der Waals surface area contributed by atoms with Crippen LogP contribution in [0.4, 0.5) is 0 Å². The molecular weight excluding hydrogens is 236 g/mol. The summed E-state index contributed by atoms with van der Waals surface area (Å²) in [6, 6.07) is 0. The van der Waals surface area contributed by atoms with Crippen molar-refractivity contribution in [3.05, 3.63) is 35.4 Å². The van der Waals surface area contributed by atoms with E-state index in [0.717, 1.165) is 6.42 Å². The van der Waals surface area contributed by atoms with Gasteiger partial charge >= 0.3 is 0 Å². The van der Waals surface area contributed by atoms with Crippen LogP contribution in [0.15, 0.2) is 35.4 Å². The van der Waals surface area contributed by atoms with E-state index in [4.69, 9.17) is 0 Å². The molecule has 0 saturated carbocycles. The molecule has 0 aliphatic rings. The summed E-state index contributed by atoms with van der Waals surface area (Å²) in [6.45, 7) is 2.20. The van der Waals surface area contributed by atoms with Gasteiger partial charge in [0.05, 0.1) is 0 Å². The molecule has 0 saturated heterocycles. The molecule has 1 heteroatoms. The zero-order valence-electron chi connectivity index (χ0n) is 8.67. The Bertz CT molecular complexity index is 248. The third kappa shape index (κ3) is 11.3. The minimum atomic E-state index is 1.02. The average Bonchev–Trinajstić information content (AvgIpc) is 2.21. The van der Waals surface area contributed by atoms with Gasteiger partial charge in [0, 0.05) is 6.42 Å². The lowest BCUT2D eigenvalue weighted by Gasteiger charge is -1.87. The smallest absolute Gasteiger partial charge is 0.00922 e. The quantitative estimate of drug-likeness (QED) is 0.382. The van der Waals surface area contributed by atoms with Crippen LogP contribution >= 0.6 is 15.9 Å². The van der Waals surface area contributed by atoms with Crippen LogP contribution in [0.2, 0.25) is 0 Å². The molecule has 0 aromatic rings. The van der Waals surface area contributed by atoms with Crippen LogP contribution in [0, 0.1) is 11.8 Å². The van der Waals surface area contributed by atoms with Gasteiger partial charge in [-0.2, -0.15) is 0 Å². The van der Waals surface area contributed by atoms with Crippen molar-refractivity contribution < 1.29 is 0 Å². The highest BCUT2D eigenvalue weighted by molar-refractivity contribution is 9.11. The van der Waals surface area contributed by atoms with E-state index in [0.29, 0.717) is 0 Å². The van der Waals surface area contributed by atoms with Gasteiger partial charge in [0.1, 0.15) is 0 Å². The maximum Gasteiger partial charge on any atom is 0.00922 e. The fourth-order valence-corrected chi connectivity index (χ4v) is 1.04. The summed E-state index contributed by atoms with van der Waals surface area (Å²) in [7, 11) is 0. The molecule has 0 heterocycles. The van der Waals surface area contributed by atoms with E-state index in [1.165, 1.54) is 19.3 Å². The lowest BCUT2D eigenvalue weighted by atomic mass is 10.2. The minimum Gasteiger partial charge on any atom is -0.0985 e. The standard InChI is InChI=1S/C13H17Br/c1-2-3-4-5-6-7-8-9-10-11-12-13-14/h8-13H,2-5H2,1H3/b9-8+,11-10+,13-12-. The van der Waals surface area contributed by atoms with Crippen molar-refractivity contribution in [3.63, 3.8) is 0 Å². The minimum absolute atomic E-state index is 1.02. The number of unbranched alkanes of at least 4 members (excludes halogenated alkanes) is 3. The summed E-state index contributed by atoms with van der Waals surface area (Å²) < 4.78 is 0. The first-order valence-corrected chi connectivity index (χ1v) is 5.90. The molecular formula is C13H17Br. The Balaban J connectivity index is 3.49. The van der Waals surface area contributed by atoms with E-state index in [2.05, 4.69) is 34.7 Å². The van der Waals surface area contributed by atoms with Gasteiger partial charge in [-0.1, -0.05) is 71.8 Å². The Morgan fingerprint density at radius 1 is 1.07 bits per heavy atom. The van der Waals surface area contributed by atoms with Gasteiger partial charge in [-0.3, -0.25) is 0 Å². The molecule has 0 bridgehead atoms. The molecule has 0 nitrogen and oxygen atoms in total. The van der Waals surface area contributed by atoms with Crippen LogP contribution in [-0.4, -0.2) is 0 Å². The van der Waals surface area contributed by atoms with E-state index in [9.17, 15) is 0 Å². The van der Waals surface area contributed by atoms with E-state index >= 15 is 0 Å². The van der Waals surface area contributed by atoms with Crippen molar-refractivity contribution in [1.29, 1.82) is 0 Å². The molecule has 0 spiro atoms. The van der Waals surface area contributed by atoms with Gasteiger partial charge < -0.3 is 0 Å². The predicted octanol–water partition coefficient (Wildman–Crippen LogP) is 4.59. The fourth-order valence-electron chi connectivity index (χ4n) is 0.868. The maximum absolute atomic E-state index is 3.18. The SMILES string of the molecule is CCCCCC#C/C=C/C=C/C=C\Br. The highest BCUT2D eigenvalue weighted by Crippen LogP contribution is 1.96. The first-order valence-electron chi connectivity index (χ1n) is 4.98. The van der Waals surface area contributed by atoms with Crippen LogP contribution in [0.5, 0.6) is 0 Å². The second-order valence-corrected chi connectivity index (χ2v) is 3.37. The van der Waals surface area contributed by atoms with Crippen molar-refractivity contribution >= 4 is 15.9 Å². The summed E-state index contributed by atoms with van der Waals surface area (Å²) in [6.07, 6.45) is 14.4. The highest BCUT2D eigenvalue weighted by atomic mass is 79.9. The average molecular weight is 253 g/mol. The molecule has 0 aliphatic carbocycles. The number of hydrogen-bond acceptors (Lipinski definition) is 0. The van der Waals surface area contributed by atoms with Gasteiger partial charge in [0.2, 0.25) is 0 Å². The van der Waals surface area contributed by atoms with Gasteiger partial charge in [-0.05, 0) is 17.5 Å². The summed E-state index contributed by atoms with van der Waals surface area (Å²) in [5.41, 5.74) is 0. The molecule has 0 amide bonds. The third-order valence-electron chi connectivity index (χ3n) is 1.59. The number of halogens is 1. The van der Waals surface area contributed by atoms with Crippen LogP contribution in [0.1, 0.15) is 32.6 Å². The first-order chi connectivity index (χ1) is 6.91. The van der Waals surface area contributed by atoms with Crippen molar-refractivity contribution in [3.8, 4) is 11.8 Å². The lowest BCUT2D eigenvalue weighted by molar-refractivity contribution is 0.737. The summed E-state index contributed by atoms with van der Waals surface area (Å²) in [5.74, 6) is 6.12. The molecule has 0 radical (unpaired) electrons. The van der Waals surface area contributed by atoms with E-state index in [-0.39, 0.29) is 0 Å². The number of hydrogen-bond donors (Lipinski definition) is 0. The van der Waals surface area contributed by atoms with Crippen LogP contribution in [-0.2, 0) is 0 Å². The molecule has 0 aromatic heterocycles. The van der Waals surface area contributed by atoms with Crippen LogP contribution < -0.4 is 0 Å². The van der Waals surface area contributed by atoms with Gasteiger partial charge in [0.25, 0.3) is 0 Å². The molecule has 14 heavy (non-hydrogen) atoms. The molecule has 0 aromatic carbocycles. The molecule has 0 rings (SSSR count). The first kappa shape index (κ1) is 13.3. The Morgan fingerprint density at radius 3 is 2.57 bits per heavy atom. The Morgan fingerprint density at radius 2 is 1.86 bits per heavy atom. The molecule has 0 aliphatic heterocycles. The largest absolute Gasteiger partial charge is 0.0985 e. The van der Waals surface area contributed by atoms with E-state index in [1.54, 1.807) is 0 Å². The second-order valence-electron chi connectivity index (χ2n) is 2.84. The maximum atomic E-state index is 3.18. The monoisotopic (exact) mass is 252 g/mol. The number of rotatable bonds is 5. The van der Waals surface area contributed by atoms with Crippen molar-refractivity contribution in [1.82, 2.24) is 0 Å². The van der Waals surface area contributed by atoms with Crippen molar-refractivity contribution in [2.24, 2.45) is 0 Å². The van der Waals surface area contributed by atoms with Gasteiger partial charge in [0.15, 0.2) is 0 Å². The lowest BCUT2D eigenvalue weighted by Crippen LogP contribution is -1.70. The number of allylic oxidation sites excluding steroid dienone is 5. The van der Waals surface area contributed by atoms with Gasteiger partial charge in [-0.25, -0.2) is 0 Å². The highest BCUT2D eigenvalue weighted by Gasteiger charge is 1.78. The molecule has 0 N–H and O–H groups in total. The van der Waals surface area contributed by atoms with Crippen LogP contribution in [0.3, 0.4) is 0 Å². The van der Waals surface area contributed by atoms with Crippen molar-refractivity contribution in [2.75, 3.05) is 0 Å². The zero-order valence-corrected chi connectivity index (χ0v) is 10.3. The van der Waals surface area contributed by atoms with Crippen LogP contribution in [0.25, 0.3) is 0 Å². The summed E-state index contributed by atoms with van der Waals surface area (Å²) in [4.78, 5) is 1.81.